The molecule has 2 aromatic rings. The molecule has 0 bridgehead atoms. The fraction of sp³-hybridized carbons (Fsp3) is 0.353. The molecule has 0 aliphatic carbocycles. The predicted octanol–water partition coefficient (Wildman–Crippen LogP) is 1.98. The first kappa shape index (κ1) is 17.9. The molecule has 0 aliphatic heterocycles. The van der Waals surface area contributed by atoms with Crippen LogP contribution in [0.25, 0.3) is 0 Å². The van der Waals surface area contributed by atoms with Crippen LogP contribution in [-0.4, -0.2) is 29.5 Å². The van der Waals surface area contributed by atoms with E-state index in [1.807, 2.05) is 32.5 Å². The summed E-state index contributed by atoms with van der Waals surface area (Å²) in [6.07, 6.45) is 1.83. The summed E-state index contributed by atoms with van der Waals surface area (Å²) in [5, 5.41) is 4.62. The summed E-state index contributed by atoms with van der Waals surface area (Å²) in [6, 6.07) is 6.19. The molecule has 0 aliphatic rings. The molecule has 2 rings (SSSR count). The van der Waals surface area contributed by atoms with Gasteiger partial charge in [-0.15, -0.1) is 11.3 Å². The van der Waals surface area contributed by atoms with Gasteiger partial charge in [0, 0.05) is 18.6 Å². The fourth-order valence-electron chi connectivity index (χ4n) is 2.16. The highest BCUT2D eigenvalue weighted by Gasteiger charge is 2.25. The van der Waals surface area contributed by atoms with Gasteiger partial charge in [0.2, 0.25) is 0 Å². The molecule has 24 heavy (non-hydrogen) atoms. The number of nitrogens with one attached hydrogen (secondary N) is 1. The van der Waals surface area contributed by atoms with E-state index >= 15 is 0 Å². The summed E-state index contributed by atoms with van der Waals surface area (Å²) >= 11 is 1.37. The number of thiazole rings is 1. The maximum Gasteiger partial charge on any atom is 0.271 e. The molecule has 6 nitrogen and oxygen atoms in total. The van der Waals surface area contributed by atoms with E-state index in [-0.39, 0.29) is 17.7 Å². The van der Waals surface area contributed by atoms with E-state index in [0.29, 0.717) is 16.1 Å². The molecule has 7 heteroatoms. The van der Waals surface area contributed by atoms with Crippen molar-refractivity contribution in [1.29, 1.82) is 0 Å². The van der Waals surface area contributed by atoms with Crippen molar-refractivity contribution in [1.82, 2.24) is 9.88 Å². The second-order valence-corrected chi connectivity index (χ2v) is 6.51. The monoisotopic (exact) mass is 347 g/mol. The quantitative estimate of drug-likeness (QED) is 0.899. The van der Waals surface area contributed by atoms with Crippen molar-refractivity contribution in [2.45, 2.75) is 19.9 Å². The molecule has 128 valence electrons. The van der Waals surface area contributed by atoms with Gasteiger partial charge in [-0.3, -0.25) is 9.59 Å². The van der Waals surface area contributed by atoms with Crippen molar-refractivity contribution in [3.63, 3.8) is 0 Å². The van der Waals surface area contributed by atoms with Gasteiger partial charge in [-0.1, -0.05) is 26.0 Å². The lowest BCUT2D eigenvalue weighted by Crippen LogP contribution is -2.44. The van der Waals surface area contributed by atoms with E-state index in [9.17, 15) is 9.59 Å². The lowest BCUT2D eigenvalue weighted by atomic mass is 10.0. The molecule has 0 saturated heterocycles. The summed E-state index contributed by atoms with van der Waals surface area (Å²) in [5.74, 6) is -0.353. The zero-order valence-corrected chi connectivity index (χ0v) is 15.0. The van der Waals surface area contributed by atoms with Crippen LogP contribution in [0.5, 0.6) is 5.75 Å². The summed E-state index contributed by atoms with van der Waals surface area (Å²) in [6.45, 7) is 3.74. The summed E-state index contributed by atoms with van der Waals surface area (Å²) in [4.78, 5) is 29.8. The van der Waals surface area contributed by atoms with Gasteiger partial charge in [-0.25, -0.2) is 0 Å². The zero-order valence-electron chi connectivity index (χ0n) is 14.1. The van der Waals surface area contributed by atoms with E-state index < -0.39 is 6.04 Å². The average Bonchev–Trinajstić information content (AvgIpc) is 2.96. The van der Waals surface area contributed by atoms with Crippen molar-refractivity contribution in [2.24, 2.45) is 18.0 Å². The molecule has 0 saturated carbocycles. The number of ether oxygens (including phenoxy) is 1. The standard InChI is InChI=1S/C17H21N3O3S/c1-11(2)14(16(22)19-17-20(3)9-10-24-17)18-15(21)12-7-5-6-8-13(12)23-4/h5-11,14H,1-4H3,(H,18,21). The fourth-order valence-corrected chi connectivity index (χ4v) is 2.90. The molecule has 0 fully saturated rings. The number of amides is 2. The number of benzene rings is 1. The number of para-hydroxylation sites is 1. The number of aryl methyl sites for hydroxylation is 1. The maximum atomic E-state index is 12.5. The third-order valence-corrected chi connectivity index (χ3v) is 4.38. The third kappa shape index (κ3) is 4.11. The largest absolute Gasteiger partial charge is 0.496 e. The van der Waals surface area contributed by atoms with Gasteiger partial charge in [-0.2, -0.15) is 4.99 Å². The van der Waals surface area contributed by atoms with Gasteiger partial charge in [0.15, 0.2) is 4.80 Å². The maximum absolute atomic E-state index is 12.5. The number of rotatable bonds is 5. The van der Waals surface area contributed by atoms with Crippen LogP contribution in [0.2, 0.25) is 0 Å². The van der Waals surface area contributed by atoms with E-state index in [1.54, 1.807) is 28.8 Å². The Bertz CT molecular complexity index is 792. The molecule has 1 aromatic heterocycles. The van der Waals surface area contributed by atoms with Gasteiger partial charge >= 0.3 is 0 Å². The van der Waals surface area contributed by atoms with Crippen molar-refractivity contribution in [2.75, 3.05) is 7.11 Å². The van der Waals surface area contributed by atoms with Crippen LogP contribution in [0.4, 0.5) is 0 Å². The zero-order chi connectivity index (χ0) is 17.7. The van der Waals surface area contributed by atoms with E-state index in [4.69, 9.17) is 4.74 Å². The van der Waals surface area contributed by atoms with Gasteiger partial charge < -0.3 is 14.6 Å². The number of aromatic nitrogens is 1. The van der Waals surface area contributed by atoms with Crippen molar-refractivity contribution < 1.29 is 14.3 Å². The van der Waals surface area contributed by atoms with Crippen LogP contribution >= 0.6 is 11.3 Å². The Labute approximate surface area is 144 Å². The highest BCUT2D eigenvalue weighted by molar-refractivity contribution is 7.07. The minimum Gasteiger partial charge on any atom is -0.496 e. The van der Waals surface area contributed by atoms with Crippen molar-refractivity contribution in [3.05, 3.63) is 46.2 Å². The minimum atomic E-state index is -0.704. The average molecular weight is 347 g/mol. The Morgan fingerprint density at radius 3 is 2.58 bits per heavy atom. The van der Waals surface area contributed by atoms with Crippen LogP contribution in [0, 0.1) is 5.92 Å². The molecule has 2 amide bonds. The summed E-state index contributed by atoms with van der Waals surface area (Å²) in [7, 11) is 3.32. The Morgan fingerprint density at radius 2 is 2.00 bits per heavy atom. The number of hydrogen-bond donors (Lipinski definition) is 1. The number of methoxy groups -OCH3 is 1. The van der Waals surface area contributed by atoms with E-state index in [2.05, 4.69) is 10.3 Å². The molecule has 1 atom stereocenters. The van der Waals surface area contributed by atoms with Gasteiger partial charge in [-0.05, 0) is 18.1 Å². The molecule has 1 unspecified atom stereocenters. The first-order valence-electron chi connectivity index (χ1n) is 7.56. The van der Waals surface area contributed by atoms with Crippen LogP contribution in [0.15, 0.2) is 40.8 Å². The highest BCUT2D eigenvalue weighted by Crippen LogP contribution is 2.17. The highest BCUT2D eigenvalue weighted by atomic mass is 32.1. The van der Waals surface area contributed by atoms with Gasteiger partial charge in [0.1, 0.15) is 11.8 Å². The van der Waals surface area contributed by atoms with Gasteiger partial charge in [0.05, 0.1) is 12.7 Å². The Hall–Kier alpha value is -2.41. The Morgan fingerprint density at radius 1 is 1.29 bits per heavy atom. The molecular weight excluding hydrogens is 326 g/mol. The third-order valence-electron chi connectivity index (χ3n) is 3.54. The lowest BCUT2D eigenvalue weighted by Gasteiger charge is -2.19. The van der Waals surface area contributed by atoms with Crippen molar-refractivity contribution >= 4 is 23.2 Å². The van der Waals surface area contributed by atoms with Gasteiger partial charge in [0.25, 0.3) is 11.8 Å². The smallest absolute Gasteiger partial charge is 0.271 e. The van der Waals surface area contributed by atoms with E-state index in [0.717, 1.165) is 0 Å². The first-order valence-corrected chi connectivity index (χ1v) is 8.44. The summed E-state index contributed by atoms with van der Waals surface area (Å²) in [5.41, 5.74) is 0.389. The van der Waals surface area contributed by atoms with Crippen LogP contribution < -0.4 is 14.9 Å². The number of carbonyl (C=O) groups is 2. The van der Waals surface area contributed by atoms with E-state index in [1.165, 1.54) is 18.4 Å². The molecule has 0 spiro atoms. The Kier molecular flexibility index (Phi) is 5.92. The second-order valence-electron chi connectivity index (χ2n) is 5.64. The van der Waals surface area contributed by atoms with Crippen LogP contribution in [0.1, 0.15) is 24.2 Å². The summed E-state index contributed by atoms with van der Waals surface area (Å²) < 4.78 is 6.96. The molecular formula is C17H21N3O3S. The minimum absolute atomic E-state index is 0.0924. The molecule has 1 N–H and O–H groups in total. The molecule has 1 heterocycles. The van der Waals surface area contributed by atoms with Crippen LogP contribution in [0.3, 0.4) is 0 Å². The Balaban J connectivity index is 2.24. The topological polar surface area (TPSA) is 72.7 Å². The molecule has 1 aromatic carbocycles. The lowest BCUT2D eigenvalue weighted by molar-refractivity contribution is -0.120. The van der Waals surface area contributed by atoms with Crippen LogP contribution in [-0.2, 0) is 11.8 Å². The first-order chi connectivity index (χ1) is 11.4. The predicted molar refractivity (Wildman–Crippen MR) is 92.9 cm³/mol. The normalized spacial score (nSPS) is 13.0. The number of nitrogens with zero attached hydrogens (tertiary/aromatic N) is 2. The number of hydrogen-bond acceptors (Lipinski definition) is 4. The number of carbonyl (C=O) groups excluding carboxylic acids is 2. The SMILES string of the molecule is COc1ccccc1C(=O)NC(C(=O)N=c1sccn1C)C(C)C. The van der Waals surface area contributed by atoms with Crippen molar-refractivity contribution in [3.8, 4) is 5.75 Å². The molecule has 0 radical (unpaired) electrons. The second kappa shape index (κ2) is 7.92.